The Morgan fingerprint density at radius 3 is 2.31 bits per heavy atom. The second-order valence-electron chi connectivity index (χ2n) is 7.87. The molecule has 0 aliphatic rings. The zero-order valence-corrected chi connectivity index (χ0v) is 18.4. The Bertz CT molecular complexity index is 1130. The van der Waals surface area contributed by atoms with Crippen molar-refractivity contribution < 1.29 is 24.6 Å². The highest BCUT2D eigenvalue weighted by Crippen LogP contribution is 2.36. The van der Waals surface area contributed by atoms with E-state index in [4.69, 9.17) is 5.11 Å². The lowest BCUT2D eigenvalue weighted by Gasteiger charge is -2.22. The number of carboxylic acid groups (broad SMARTS) is 1. The zero-order valence-electron chi connectivity index (χ0n) is 18.4. The van der Waals surface area contributed by atoms with Crippen molar-refractivity contribution in [1.29, 1.82) is 0 Å². The van der Waals surface area contributed by atoms with Crippen LogP contribution in [0.2, 0.25) is 0 Å². The van der Waals surface area contributed by atoms with E-state index in [1.807, 2.05) is 6.07 Å². The van der Waals surface area contributed by atoms with Crippen molar-refractivity contribution in [2.24, 2.45) is 0 Å². The number of amides is 1. The van der Waals surface area contributed by atoms with Crippen molar-refractivity contribution in [2.45, 2.75) is 46.0 Å². The standard InChI is InChI=1S/C25H28N2O5/c1-17-24(26(18(2)28)15-9-4-3-8-12-23(30)31)21-16-20(29)13-14-22(21)27(17)25(32)19-10-6-5-7-11-19/h5-7,10-11,13-14,16,29H,3-4,8-9,12,15H2,1-2H3,(H,30,31). The van der Waals surface area contributed by atoms with Gasteiger partial charge < -0.3 is 15.1 Å². The lowest BCUT2D eigenvalue weighted by Crippen LogP contribution is -2.30. The Morgan fingerprint density at radius 1 is 0.969 bits per heavy atom. The van der Waals surface area contributed by atoms with Crippen molar-refractivity contribution in [3.05, 3.63) is 59.8 Å². The summed E-state index contributed by atoms with van der Waals surface area (Å²) in [6.45, 7) is 3.72. The van der Waals surface area contributed by atoms with Crippen LogP contribution < -0.4 is 4.90 Å². The molecule has 7 nitrogen and oxygen atoms in total. The summed E-state index contributed by atoms with van der Waals surface area (Å²) in [5, 5.41) is 19.5. The van der Waals surface area contributed by atoms with Gasteiger partial charge in [0.25, 0.3) is 5.91 Å². The van der Waals surface area contributed by atoms with E-state index in [9.17, 15) is 19.5 Å². The molecule has 0 atom stereocenters. The minimum Gasteiger partial charge on any atom is -0.508 e. The average Bonchev–Trinajstić information content (AvgIpc) is 3.03. The Morgan fingerprint density at radius 2 is 1.66 bits per heavy atom. The number of hydrogen-bond donors (Lipinski definition) is 2. The number of carbonyl (C=O) groups excluding carboxylic acids is 2. The molecule has 2 N–H and O–H groups in total. The predicted octanol–water partition coefficient (Wildman–Crippen LogP) is 4.73. The molecule has 0 fully saturated rings. The third-order valence-electron chi connectivity index (χ3n) is 5.55. The number of hydrogen-bond acceptors (Lipinski definition) is 4. The Balaban J connectivity index is 1.96. The Kier molecular flexibility index (Phi) is 7.30. The van der Waals surface area contributed by atoms with Crippen molar-refractivity contribution in [1.82, 2.24) is 4.57 Å². The van der Waals surface area contributed by atoms with Crippen molar-refractivity contribution in [2.75, 3.05) is 11.4 Å². The van der Waals surface area contributed by atoms with Gasteiger partial charge >= 0.3 is 5.97 Å². The molecule has 1 amide bonds. The number of fused-ring (bicyclic) bond motifs is 1. The van der Waals surface area contributed by atoms with Gasteiger partial charge in [0.15, 0.2) is 0 Å². The van der Waals surface area contributed by atoms with Gasteiger partial charge in [-0.15, -0.1) is 0 Å². The fraction of sp³-hybridized carbons (Fsp3) is 0.320. The number of aromatic nitrogens is 1. The van der Waals surface area contributed by atoms with Crippen LogP contribution in [0.15, 0.2) is 48.5 Å². The van der Waals surface area contributed by atoms with Crippen LogP contribution in [0.4, 0.5) is 5.69 Å². The van der Waals surface area contributed by atoms with Crippen LogP contribution in [-0.4, -0.2) is 39.1 Å². The van der Waals surface area contributed by atoms with E-state index in [2.05, 4.69) is 0 Å². The molecule has 32 heavy (non-hydrogen) atoms. The van der Waals surface area contributed by atoms with Crippen LogP contribution in [-0.2, 0) is 9.59 Å². The number of phenols is 1. The van der Waals surface area contributed by atoms with Gasteiger partial charge in [-0.1, -0.05) is 31.0 Å². The summed E-state index contributed by atoms with van der Waals surface area (Å²) in [5.41, 5.74) is 2.38. The molecule has 0 spiro atoms. The SMILES string of the molecule is CC(=O)N(CCCCCCC(=O)O)c1c(C)n(C(=O)c2ccccc2)c2ccc(O)cc12. The molecule has 0 bridgehead atoms. The van der Waals surface area contributed by atoms with Crippen molar-refractivity contribution in [3.8, 4) is 5.75 Å². The Labute approximate surface area is 186 Å². The van der Waals surface area contributed by atoms with Gasteiger partial charge in [-0.05, 0) is 50.1 Å². The van der Waals surface area contributed by atoms with Gasteiger partial charge in [-0.2, -0.15) is 0 Å². The van der Waals surface area contributed by atoms with Gasteiger partial charge in [0, 0.05) is 36.5 Å². The third kappa shape index (κ3) is 4.99. The van der Waals surface area contributed by atoms with E-state index >= 15 is 0 Å². The number of carboxylic acids is 1. The van der Waals surface area contributed by atoms with Gasteiger partial charge in [0.1, 0.15) is 5.75 Å². The highest BCUT2D eigenvalue weighted by Gasteiger charge is 2.25. The molecular weight excluding hydrogens is 408 g/mol. The average molecular weight is 437 g/mol. The highest BCUT2D eigenvalue weighted by atomic mass is 16.4. The fourth-order valence-electron chi connectivity index (χ4n) is 4.03. The smallest absolute Gasteiger partial charge is 0.303 e. The quantitative estimate of drug-likeness (QED) is 0.472. The molecular formula is C25H28N2O5. The molecule has 0 aliphatic heterocycles. The van der Waals surface area contributed by atoms with E-state index in [0.717, 1.165) is 12.8 Å². The third-order valence-corrected chi connectivity index (χ3v) is 5.55. The maximum absolute atomic E-state index is 13.3. The lowest BCUT2D eigenvalue weighted by molar-refractivity contribution is -0.137. The minimum absolute atomic E-state index is 0.0558. The van der Waals surface area contributed by atoms with Gasteiger partial charge in [0.05, 0.1) is 11.2 Å². The monoisotopic (exact) mass is 436 g/mol. The number of anilines is 1. The summed E-state index contributed by atoms with van der Waals surface area (Å²) in [6, 6.07) is 13.7. The zero-order chi connectivity index (χ0) is 23.3. The lowest BCUT2D eigenvalue weighted by atomic mass is 10.1. The van der Waals surface area contributed by atoms with Gasteiger partial charge in [-0.25, -0.2) is 0 Å². The topological polar surface area (TPSA) is 99.8 Å². The summed E-state index contributed by atoms with van der Waals surface area (Å²) in [6.07, 6.45) is 3.02. The molecule has 2 aromatic carbocycles. The first-order chi connectivity index (χ1) is 15.3. The maximum Gasteiger partial charge on any atom is 0.303 e. The van der Waals surface area contributed by atoms with Crippen molar-refractivity contribution >= 4 is 34.4 Å². The van der Waals surface area contributed by atoms with E-state index in [1.165, 1.54) is 13.0 Å². The maximum atomic E-state index is 13.3. The molecule has 0 saturated heterocycles. The second kappa shape index (κ2) is 10.1. The number of benzene rings is 2. The number of aliphatic carboxylic acids is 1. The van der Waals surface area contributed by atoms with E-state index < -0.39 is 5.97 Å². The highest BCUT2D eigenvalue weighted by molar-refractivity contribution is 6.11. The molecule has 0 radical (unpaired) electrons. The van der Waals surface area contributed by atoms with Crippen LogP contribution in [0.3, 0.4) is 0 Å². The summed E-state index contributed by atoms with van der Waals surface area (Å²) < 4.78 is 1.59. The molecule has 0 unspecified atom stereocenters. The van der Waals surface area contributed by atoms with Crippen LogP contribution in [0.1, 0.15) is 55.1 Å². The normalized spacial score (nSPS) is 10.9. The van der Waals surface area contributed by atoms with Gasteiger partial charge in [-0.3, -0.25) is 19.0 Å². The van der Waals surface area contributed by atoms with E-state index in [1.54, 1.807) is 52.8 Å². The predicted molar refractivity (Wildman–Crippen MR) is 123 cm³/mol. The number of nitrogens with zero attached hydrogens (tertiary/aromatic N) is 2. The molecule has 1 heterocycles. The van der Waals surface area contributed by atoms with Crippen LogP contribution >= 0.6 is 0 Å². The van der Waals surface area contributed by atoms with Crippen molar-refractivity contribution in [3.63, 3.8) is 0 Å². The number of phenolic OH excluding ortho intramolecular Hbond substituents is 1. The number of carbonyl (C=O) groups is 3. The van der Waals surface area contributed by atoms with E-state index in [-0.39, 0.29) is 24.0 Å². The van der Waals surface area contributed by atoms with Crippen LogP contribution in [0, 0.1) is 6.92 Å². The minimum atomic E-state index is -0.804. The fourth-order valence-corrected chi connectivity index (χ4v) is 4.03. The summed E-state index contributed by atoms with van der Waals surface area (Å²) in [4.78, 5) is 38.2. The molecule has 3 aromatic rings. The first-order valence-corrected chi connectivity index (χ1v) is 10.7. The summed E-state index contributed by atoms with van der Waals surface area (Å²) in [5.74, 6) is -1.11. The first-order valence-electron chi connectivity index (χ1n) is 10.7. The molecule has 0 aliphatic carbocycles. The van der Waals surface area contributed by atoms with Crippen LogP contribution in [0.5, 0.6) is 5.75 Å². The number of aromatic hydroxyl groups is 1. The Hall–Kier alpha value is -3.61. The van der Waals surface area contributed by atoms with E-state index in [0.29, 0.717) is 47.2 Å². The molecule has 168 valence electrons. The summed E-state index contributed by atoms with van der Waals surface area (Å²) in [7, 11) is 0. The number of rotatable bonds is 9. The largest absolute Gasteiger partial charge is 0.508 e. The van der Waals surface area contributed by atoms with Gasteiger partial charge in [0.2, 0.25) is 5.91 Å². The molecule has 0 saturated carbocycles. The molecule has 1 aromatic heterocycles. The number of unbranched alkanes of at least 4 members (excludes halogenated alkanes) is 3. The summed E-state index contributed by atoms with van der Waals surface area (Å²) >= 11 is 0. The second-order valence-corrected chi connectivity index (χ2v) is 7.87. The first kappa shape index (κ1) is 23.1. The molecule has 7 heteroatoms. The molecule has 3 rings (SSSR count). The van der Waals surface area contributed by atoms with Crippen LogP contribution in [0.25, 0.3) is 10.9 Å².